The first kappa shape index (κ1) is 13.7. The van der Waals surface area contributed by atoms with Gasteiger partial charge in [-0.25, -0.2) is 0 Å². The molecule has 0 bridgehead atoms. The van der Waals surface area contributed by atoms with Gasteiger partial charge in [0.15, 0.2) is 0 Å². The standard InChI is InChI=1S/C13H23NOS/c1-4-11(5-2)14-10(3)9-12(15)13-7-6-8-16-13/h6-8,10-12,14-15H,4-5,9H2,1-3H3. The highest BCUT2D eigenvalue weighted by atomic mass is 32.1. The van der Waals surface area contributed by atoms with Crippen molar-refractivity contribution in [1.82, 2.24) is 5.32 Å². The SMILES string of the molecule is CCC(CC)NC(C)CC(O)c1cccs1. The molecule has 0 aliphatic carbocycles. The lowest BCUT2D eigenvalue weighted by Gasteiger charge is -2.22. The summed E-state index contributed by atoms with van der Waals surface area (Å²) in [6.07, 6.45) is 2.76. The molecule has 1 aromatic heterocycles. The fraction of sp³-hybridized carbons (Fsp3) is 0.692. The third-order valence-electron chi connectivity index (χ3n) is 2.95. The van der Waals surface area contributed by atoms with Crippen LogP contribution in [0.2, 0.25) is 0 Å². The Morgan fingerprint density at radius 3 is 2.56 bits per heavy atom. The van der Waals surface area contributed by atoms with Crippen LogP contribution in [0.15, 0.2) is 17.5 Å². The molecule has 1 heterocycles. The van der Waals surface area contributed by atoms with Crippen LogP contribution in [0, 0.1) is 0 Å². The van der Waals surface area contributed by atoms with Crippen molar-refractivity contribution in [3.8, 4) is 0 Å². The summed E-state index contributed by atoms with van der Waals surface area (Å²) in [6.45, 7) is 6.54. The van der Waals surface area contributed by atoms with Gasteiger partial charge in [0.25, 0.3) is 0 Å². The minimum absolute atomic E-state index is 0.322. The summed E-state index contributed by atoms with van der Waals surface area (Å²) in [4.78, 5) is 1.07. The van der Waals surface area contributed by atoms with Gasteiger partial charge in [-0.05, 0) is 37.6 Å². The van der Waals surface area contributed by atoms with E-state index < -0.39 is 0 Å². The number of aliphatic hydroxyl groups excluding tert-OH is 1. The molecule has 0 aliphatic heterocycles. The average Bonchev–Trinajstić information content (AvgIpc) is 2.79. The molecule has 1 aromatic rings. The Bertz CT molecular complexity index is 269. The fourth-order valence-electron chi connectivity index (χ4n) is 1.93. The molecule has 16 heavy (non-hydrogen) atoms. The highest BCUT2D eigenvalue weighted by Crippen LogP contribution is 2.23. The predicted molar refractivity (Wildman–Crippen MR) is 70.9 cm³/mol. The van der Waals surface area contributed by atoms with E-state index in [1.807, 2.05) is 17.5 Å². The largest absolute Gasteiger partial charge is 0.388 e. The van der Waals surface area contributed by atoms with E-state index in [2.05, 4.69) is 26.1 Å². The molecule has 2 atom stereocenters. The van der Waals surface area contributed by atoms with E-state index in [0.29, 0.717) is 12.1 Å². The topological polar surface area (TPSA) is 32.3 Å². The van der Waals surface area contributed by atoms with Gasteiger partial charge in [0, 0.05) is 17.0 Å². The molecular weight excluding hydrogens is 218 g/mol. The van der Waals surface area contributed by atoms with Crippen molar-refractivity contribution in [2.75, 3.05) is 0 Å². The molecule has 2 nitrogen and oxygen atoms in total. The van der Waals surface area contributed by atoms with Crippen LogP contribution in [-0.4, -0.2) is 17.2 Å². The molecule has 0 spiro atoms. The van der Waals surface area contributed by atoms with Crippen molar-refractivity contribution in [3.05, 3.63) is 22.4 Å². The molecule has 2 unspecified atom stereocenters. The normalized spacial score (nSPS) is 15.3. The van der Waals surface area contributed by atoms with Gasteiger partial charge < -0.3 is 10.4 Å². The van der Waals surface area contributed by atoms with Crippen molar-refractivity contribution in [2.24, 2.45) is 0 Å². The van der Waals surface area contributed by atoms with Gasteiger partial charge in [-0.2, -0.15) is 0 Å². The van der Waals surface area contributed by atoms with Crippen LogP contribution in [0.1, 0.15) is 51.0 Å². The average molecular weight is 241 g/mol. The van der Waals surface area contributed by atoms with Gasteiger partial charge in [-0.1, -0.05) is 19.9 Å². The Morgan fingerprint density at radius 2 is 2.06 bits per heavy atom. The first-order valence-corrected chi connectivity index (χ1v) is 7.02. The summed E-state index contributed by atoms with van der Waals surface area (Å²) in [7, 11) is 0. The second kappa shape index (κ2) is 7.05. The molecule has 1 rings (SSSR count). The number of rotatable bonds is 7. The zero-order chi connectivity index (χ0) is 12.0. The van der Waals surface area contributed by atoms with Gasteiger partial charge >= 0.3 is 0 Å². The molecule has 0 aromatic carbocycles. The molecule has 0 amide bonds. The highest BCUT2D eigenvalue weighted by molar-refractivity contribution is 7.10. The van der Waals surface area contributed by atoms with Crippen LogP contribution in [0.4, 0.5) is 0 Å². The van der Waals surface area contributed by atoms with Crippen LogP contribution in [0.25, 0.3) is 0 Å². The first-order valence-electron chi connectivity index (χ1n) is 6.14. The van der Waals surface area contributed by atoms with Crippen molar-refractivity contribution in [3.63, 3.8) is 0 Å². The molecule has 0 radical (unpaired) electrons. The number of thiophene rings is 1. The second-order valence-electron chi connectivity index (χ2n) is 4.35. The van der Waals surface area contributed by atoms with Gasteiger partial charge in [0.05, 0.1) is 6.10 Å². The molecule has 0 aliphatic rings. The number of hydrogen-bond donors (Lipinski definition) is 2. The predicted octanol–water partition coefficient (Wildman–Crippen LogP) is 3.34. The van der Waals surface area contributed by atoms with E-state index in [1.54, 1.807) is 11.3 Å². The van der Waals surface area contributed by atoms with Crippen LogP contribution in [0.5, 0.6) is 0 Å². The maximum Gasteiger partial charge on any atom is 0.0896 e. The van der Waals surface area contributed by atoms with E-state index in [1.165, 1.54) is 0 Å². The summed E-state index contributed by atoms with van der Waals surface area (Å²) in [5.74, 6) is 0. The lowest BCUT2D eigenvalue weighted by molar-refractivity contribution is 0.154. The van der Waals surface area contributed by atoms with Gasteiger partial charge in [-0.15, -0.1) is 11.3 Å². The van der Waals surface area contributed by atoms with Gasteiger partial charge in [0.1, 0.15) is 0 Å². The van der Waals surface area contributed by atoms with Gasteiger partial charge in [-0.3, -0.25) is 0 Å². The van der Waals surface area contributed by atoms with Crippen LogP contribution < -0.4 is 5.32 Å². The molecule has 2 N–H and O–H groups in total. The minimum Gasteiger partial charge on any atom is -0.388 e. The van der Waals surface area contributed by atoms with Crippen molar-refractivity contribution >= 4 is 11.3 Å². The number of hydrogen-bond acceptors (Lipinski definition) is 3. The smallest absolute Gasteiger partial charge is 0.0896 e. The van der Waals surface area contributed by atoms with E-state index in [-0.39, 0.29) is 6.10 Å². The summed E-state index contributed by atoms with van der Waals surface area (Å²) in [5.41, 5.74) is 0. The molecule has 3 heteroatoms. The Hall–Kier alpha value is -0.380. The van der Waals surface area contributed by atoms with E-state index in [9.17, 15) is 5.11 Å². The Balaban J connectivity index is 2.36. The lowest BCUT2D eigenvalue weighted by atomic mass is 10.1. The van der Waals surface area contributed by atoms with Crippen LogP contribution >= 0.6 is 11.3 Å². The molecule has 0 saturated heterocycles. The zero-order valence-corrected chi connectivity index (χ0v) is 11.3. The van der Waals surface area contributed by atoms with E-state index in [0.717, 1.165) is 24.1 Å². The third-order valence-corrected chi connectivity index (χ3v) is 3.93. The van der Waals surface area contributed by atoms with Crippen molar-refractivity contribution in [1.29, 1.82) is 0 Å². The molecule has 0 fully saturated rings. The first-order chi connectivity index (χ1) is 7.67. The quantitative estimate of drug-likeness (QED) is 0.767. The highest BCUT2D eigenvalue weighted by Gasteiger charge is 2.15. The van der Waals surface area contributed by atoms with Crippen LogP contribution in [0.3, 0.4) is 0 Å². The Labute approximate surface area is 103 Å². The second-order valence-corrected chi connectivity index (χ2v) is 5.33. The number of nitrogens with one attached hydrogen (secondary N) is 1. The van der Waals surface area contributed by atoms with Crippen LogP contribution in [-0.2, 0) is 0 Å². The zero-order valence-electron chi connectivity index (χ0n) is 10.4. The fourth-order valence-corrected chi connectivity index (χ4v) is 2.65. The lowest BCUT2D eigenvalue weighted by Crippen LogP contribution is -2.36. The Morgan fingerprint density at radius 1 is 1.38 bits per heavy atom. The maximum absolute atomic E-state index is 10.0. The monoisotopic (exact) mass is 241 g/mol. The van der Waals surface area contributed by atoms with Crippen molar-refractivity contribution in [2.45, 2.75) is 58.2 Å². The molecule has 92 valence electrons. The number of aliphatic hydroxyl groups is 1. The molecular formula is C13H23NOS. The van der Waals surface area contributed by atoms with Crippen molar-refractivity contribution < 1.29 is 5.11 Å². The van der Waals surface area contributed by atoms with E-state index >= 15 is 0 Å². The third kappa shape index (κ3) is 4.24. The maximum atomic E-state index is 10.0. The summed E-state index contributed by atoms with van der Waals surface area (Å²) in [6, 6.07) is 4.93. The van der Waals surface area contributed by atoms with Gasteiger partial charge in [0.2, 0.25) is 0 Å². The van der Waals surface area contributed by atoms with E-state index in [4.69, 9.17) is 0 Å². The summed E-state index contributed by atoms with van der Waals surface area (Å²) in [5, 5.41) is 15.6. The minimum atomic E-state index is -0.322. The molecule has 0 saturated carbocycles. The summed E-state index contributed by atoms with van der Waals surface area (Å²) < 4.78 is 0. The Kier molecular flexibility index (Phi) is 6.03. The summed E-state index contributed by atoms with van der Waals surface area (Å²) >= 11 is 1.63.